The Balaban J connectivity index is 1.96. The Labute approximate surface area is 253 Å². The number of carbonyl (C=O) groups excluding carboxylic acids is 2. The molecular weight excluding hydrogens is 654 g/mol. The molecule has 7 nitrogen and oxygen atoms in total. The number of allylic oxidation sites excluding steroid dienone is 1. The number of amides is 2. The fourth-order valence-electron chi connectivity index (χ4n) is 4.40. The molecule has 3 rings (SSSR count). The topological polar surface area (TPSA) is 99.1 Å². The van der Waals surface area contributed by atoms with Crippen LogP contribution in [0.1, 0.15) is 37.7 Å². The maximum Gasteiger partial charge on any atom is 0.247 e. The van der Waals surface area contributed by atoms with Gasteiger partial charge in [0.05, 0.1) is 26.3 Å². The Morgan fingerprint density at radius 1 is 1.18 bits per heavy atom. The molecule has 0 heterocycles. The van der Waals surface area contributed by atoms with Crippen LogP contribution in [0, 0.1) is 3.57 Å². The zero-order chi connectivity index (χ0) is 28.4. The van der Waals surface area contributed by atoms with Crippen LogP contribution in [-0.2, 0) is 16.1 Å². The molecule has 210 valence electrons. The van der Waals surface area contributed by atoms with E-state index in [1.54, 1.807) is 35.2 Å². The molecule has 10 heteroatoms. The van der Waals surface area contributed by atoms with Gasteiger partial charge in [-0.05, 0) is 77.8 Å². The molecule has 0 radical (unpaired) electrons. The lowest BCUT2D eigenvalue weighted by Gasteiger charge is -2.40. The second-order valence-corrected chi connectivity index (χ2v) is 11.2. The van der Waals surface area contributed by atoms with Gasteiger partial charge < -0.3 is 25.2 Å². The van der Waals surface area contributed by atoms with Crippen LogP contribution < -0.4 is 10.1 Å². The first-order valence-electron chi connectivity index (χ1n) is 12.8. The molecule has 0 unspecified atom stereocenters. The number of para-hydroxylation sites is 1. The Morgan fingerprint density at radius 3 is 2.64 bits per heavy atom. The summed E-state index contributed by atoms with van der Waals surface area (Å²) < 4.78 is 7.03. The third-order valence-electron chi connectivity index (χ3n) is 6.42. The monoisotopic (exact) mass is 686 g/mol. The number of halogens is 3. The molecule has 3 N–H and O–H groups in total. The molecule has 0 aromatic heterocycles. The number of benzene rings is 2. The number of hydrogen-bond donors (Lipinski definition) is 3. The number of carbonyl (C=O) groups is 2. The highest BCUT2D eigenvalue weighted by molar-refractivity contribution is 14.1. The summed E-state index contributed by atoms with van der Waals surface area (Å²) in [7, 11) is 0. The molecule has 2 aromatic carbocycles. The highest BCUT2D eigenvalue weighted by Crippen LogP contribution is 2.31. The lowest BCUT2D eigenvalue weighted by atomic mass is 9.87. The summed E-state index contributed by atoms with van der Waals surface area (Å²) in [5, 5.41) is 24.2. The number of unbranched alkanes of at least 4 members (excludes halogenated alkanes) is 2. The summed E-state index contributed by atoms with van der Waals surface area (Å²) in [5.74, 6) is 0.0189. The quantitative estimate of drug-likeness (QED) is 0.151. The maximum absolute atomic E-state index is 13.6. The number of nitrogens with zero attached hydrogens (tertiary/aromatic N) is 1. The van der Waals surface area contributed by atoms with Crippen molar-refractivity contribution in [2.24, 2.45) is 0 Å². The van der Waals surface area contributed by atoms with Crippen molar-refractivity contribution >= 4 is 57.6 Å². The SMILES string of the molecule is C=CCCCCC(=O)N(Cc1ccc(Cl)c(Cl)c1)[C@@H]1CC(C(=O)NCCO)=C[C@H](Oc2ccccc2I)[C@H]1O. The standard InChI is InChI=1S/C29H33Cl2IN2O5/c1-2-3-4-5-10-27(36)34(18-19-11-12-21(30)22(31)15-19)24-16-20(29(38)33-13-14-35)17-26(28(24)37)39-25-9-7-6-8-23(25)32/h2,6-9,11-12,15,17,24,26,28,35,37H,1,3-5,10,13-14,16,18H2,(H,33,38)/t24-,26+,28+/m1/s1. The van der Waals surface area contributed by atoms with Gasteiger partial charge in [-0.15, -0.1) is 6.58 Å². The summed E-state index contributed by atoms with van der Waals surface area (Å²) in [5.41, 5.74) is 1.11. The summed E-state index contributed by atoms with van der Waals surface area (Å²) in [6, 6.07) is 11.8. The molecule has 0 spiro atoms. The van der Waals surface area contributed by atoms with E-state index >= 15 is 0 Å². The summed E-state index contributed by atoms with van der Waals surface area (Å²) in [4.78, 5) is 28.2. The largest absolute Gasteiger partial charge is 0.482 e. The Bertz CT molecular complexity index is 1190. The van der Waals surface area contributed by atoms with Crippen LogP contribution in [-0.4, -0.2) is 58.3 Å². The van der Waals surface area contributed by atoms with E-state index in [0.717, 1.165) is 22.0 Å². The van der Waals surface area contributed by atoms with E-state index in [9.17, 15) is 19.8 Å². The predicted octanol–water partition coefficient (Wildman–Crippen LogP) is 5.29. The lowest BCUT2D eigenvalue weighted by molar-refractivity contribution is -0.139. The van der Waals surface area contributed by atoms with Gasteiger partial charge in [-0.25, -0.2) is 0 Å². The van der Waals surface area contributed by atoms with Crippen molar-refractivity contribution in [1.82, 2.24) is 10.2 Å². The van der Waals surface area contributed by atoms with Crippen molar-refractivity contribution in [1.29, 1.82) is 0 Å². The number of ether oxygens (including phenoxy) is 1. The van der Waals surface area contributed by atoms with Gasteiger partial charge in [0.15, 0.2) is 0 Å². The Hall–Kier alpha value is -2.11. The Morgan fingerprint density at radius 2 is 1.95 bits per heavy atom. The molecule has 0 saturated heterocycles. The van der Waals surface area contributed by atoms with Gasteiger partial charge in [0.1, 0.15) is 18.0 Å². The van der Waals surface area contributed by atoms with E-state index in [0.29, 0.717) is 27.8 Å². The molecular formula is C29H33Cl2IN2O5. The molecule has 2 aromatic rings. The molecule has 0 bridgehead atoms. The van der Waals surface area contributed by atoms with E-state index in [1.165, 1.54) is 0 Å². The second-order valence-electron chi connectivity index (χ2n) is 9.25. The average Bonchev–Trinajstić information content (AvgIpc) is 2.92. The summed E-state index contributed by atoms with van der Waals surface area (Å²) in [6.45, 7) is 3.78. The van der Waals surface area contributed by atoms with Crippen LogP contribution in [0.5, 0.6) is 5.75 Å². The molecule has 0 saturated carbocycles. The lowest BCUT2D eigenvalue weighted by Crippen LogP contribution is -2.54. The molecule has 0 aliphatic heterocycles. The van der Waals surface area contributed by atoms with Crippen LogP contribution in [0.4, 0.5) is 0 Å². The van der Waals surface area contributed by atoms with Crippen molar-refractivity contribution in [3.05, 3.63) is 85.9 Å². The van der Waals surface area contributed by atoms with Crippen LogP contribution in [0.25, 0.3) is 0 Å². The van der Waals surface area contributed by atoms with Gasteiger partial charge in [0.2, 0.25) is 11.8 Å². The smallest absolute Gasteiger partial charge is 0.247 e. The molecule has 39 heavy (non-hydrogen) atoms. The van der Waals surface area contributed by atoms with Gasteiger partial charge >= 0.3 is 0 Å². The first kappa shape index (κ1) is 31.4. The highest BCUT2D eigenvalue weighted by Gasteiger charge is 2.40. The molecule has 1 aliphatic rings. The second kappa shape index (κ2) is 15.6. The van der Waals surface area contributed by atoms with E-state index in [4.69, 9.17) is 27.9 Å². The highest BCUT2D eigenvalue weighted by atomic mass is 127. The van der Waals surface area contributed by atoms with Crippen LogP contribution in [0.15, 0.2) is 66.8 Å². The van der Waals surface area contributed by atoms with Gasteiger partial charge in [-0.1, -0.05) is 47.5 Å². The van der Waals surface area contributed by atoms with E-state index in [-0.39, 0.29) is 44.4 Å². The minimum absolute atomic E-state index is 0.0841. The summed E-state index contributed by atoms with van der Waals surface area (Å²) >= 11 is 14.5. The van der Waals surface area contributed by atoms with Gasteiger partial charge in [-0.2, -0.15) is 0 Å². The first-order valence-corrected chi connectivity index (χ1v) is 14.6. The molecule has 1 aliphatic carbocycles. The normalized spacial score (nSPS) is 18.7. The van der Waals surface area contributed by atoms with Gasteiger partial charge in [-0.3, -0.25) is 9.59 Å². The zero-order valence-corrected chi connectivity index (χ0v) is 25.2. The van der Waals surface area contributed by atoms with E-state index in [1.807, 2.05) is 24.3 Å². The van der Waals surface area contributed by atoms with E-state index in [2.05, 4.69) is 34.5 Å². The fourth-order valence-corrected chi connectivity index (χ4v) is 5.24. The number of nitrogens with one attached hydrogen (secondary N) is 1. The zero-order valence-electron chi connectivity index (χ0n) is 21.5. The average molecular weight is 687 g/mol. The van der Waals surface area contributed by atoms with E-state index < -0.39 is 18.2 Å². The number of hydrogen-bond acceptors (Lipinski definition) is 5. The van der Waals surface area contributed by atoms with Gasteiger partial charge in [0, 0.05) is 31.5 Å². The molecule has 3 atom stereocenters. The maximum atomic E-state index is 13.6. The number of rotatable bonds is 13. The van der Waals surface area contributed by atoms with Crippen molar-refractivity contribution < 1.29 is 24.5 Å². The van der Waals surface area contributed by atoms with Crippen molar-refractivity contribution in [2.45, 2.75) is 56.9 Å². The number of aliphatic hydroxyl groups excluding tert-OH is 2. The predicted molar refractivity (Wildman–Crippen MR) is 162 cm³/mol. The minimum Gasteiger partial charge on any atom is -0.482 e. The van der Waals surface area contributed by atoms with Crippen molar-refractivity contribution in [3.8, 4) is 5.75 Å². The van der Waals surface area contributed by atoms with Gasteiger partial charge in [0.25, 0.3) is 0 Å². The Kier molecular flexibility index (Phi) is 12.6. The molecule has 0 fully saturated rings. The fraction of sp³-hybridized carbons (Fsp3) is 0.379. The third-order valence-corrected chi connectivity index (χ3v) is 8.05. The van der Waals surface area contributed by atoms with Crippen molar-refractivity contribution in [2.75, 3.05) is 13.2 Å². The third kappa shape index (κ3) is 8.94. The first-order chi connectivity index (χ1) is 18.7. The van der Waals surface area contributed by atoms with Crippen molar-refractivity contribution in [3.63, 3.8) is 0 Å². The van der Waals surface area contributed by atoms with Crippen LogP contribution in [0.2, 0.25) is 10.0 Å². The van der Waals surface area contributed by atoms with Crippen LogP contribution in [0.3, 0.4) is 0 Å². The summed E-state index contributed by atoms with van der Waals surface area (Å²) in [6.07, 6.45) is 4.08. The van der Waals surface area contributed by atoms with Crippen LogP contribution >= 0.6 is 45.8 Å². The molecule has 2 amide bonds. The number of aliphatic hydroxyl groups is 2. The minimum atomic E-state index is -1.12.